The summed E-state index contributed by atoms with van der Waals surface area (Å²) in [6, 6.07) is 29.9. The van der Waals surface area contributed by atoms with Crippen LogP contribution in [0, 0.1) is 0 Å². The molecule has 0 fully saturated rings. The summed E-state index contributed by atoms with van der Waals surface area (Å²) in [5.41, 5.74) is 8.74. The number of carbonyl (C=O) groups is 3. The monoisotopic (exact) mass is 716 g/mol. The van der Waals surface area contributed by atoms with Crippen molar-refractivity contribution in [3.63, 3.8) is 0 Å². The SMILES string of the molecule is Br.O=Cc1ccc(CN2C=CN(c3cc(N4C=CN(Cc5ccc(C=O)cc5)C4)cc(N4C=CN(Cc5ccc(C=O)cc5)C4)c3)C2)cc1. The summed E-state index contributed by atoms with van der Waals surface area (Å²) in [4.78, 5) is 46.8. The van der Waals surface area contributed by atoms with Gasteiger partial charge in [0, 0.05) is 90.6 Å². The molecule has 248 valence electrons. The summed E-state index contributed by atoms with van der Waals surface area (Å²) in [6.07, 6.45) is 15.3. The van der Waals surface area contributed by atoms with Crippen LogP contribution in [-0.4, -0.2) is 53.6 Å². The smallest absolute Gasteiger partial charge is 0.150 e. The third kappa shape index (κ3) is 7.93. The first-order valence-electron chi connectivity index (χ1n) is 15.9. The highest BCUT2D eigenvalue weighted by Crippen LogP contribution is 2.35. The molecule has 10 heteroatoms. The van der Waals surface area contributed by atoms with Crippen LogP contribution in [0.15, 0.2) is 128 Å². The number of benzene rings is 4. The van der Waals surface area contributed by atoms with E-state index in [1.165, 1.54) is 0 Å². The molecule has 3 heterocycles. The van der Waals surface area contributed by atoms with Gasteiger partial charge >= 0.3 is 0 Å². The van der Waals surface area contributed by atoms with Gasteiger partial charge in [0.15, 0.2) is 0 Å². The van der Waals surface area contributed by atoms with Crippen molar-refractivity contribution in [2.24, 2.45) is 0 Å². The third-order valence-electron chi connectivity index (χ3n) is 8.76. The molecular weight excluding hydrogens is 680 g/mol. The van der Waals surface area contributed by atoms with E-state index in [1.807, 2.05) is 72.8 Å². The topological polar surface area (TPSA) is 70.7 Å². The van der Waals surface area contributed by atoms with Crippen molar-refractivity contribution in [3.05, 3.63) is 162 Å². The first-order valence-corrected chi connectivity index (χ1v) is 15.9. The minimum atomic E-state index is 0. The van der Waals surface area contributed by atoms with Gasteiger partial charge in [0.25, 0.3) is 0 Å². The summed E-state index contributed by atoms with van der Waals surface area (Å²) >= 11 is 0. The molecule has 0 bridgehead atoms. The standard InChI is InChI=1S/C39H36N6O3.BrH/c46-25-34-7-1-31(2-8-34)22-40-13-16-43(28-40)37-19-38(44-17-14-41(29-44)23-32-3-9-35(26-47)10-4-32)21-39(20-37)45-18-15-42(30-45)24-33-5-11-36(27-48)12-6-33;/h1-21,25-27H,22-24,28-30H2;1H. The maximum atomic E-state index is 11.1. The summed E-state index contributed by atoms with van der Waals surface area (Å²) in [6.45, 7) is 4.34. The van der Waals surface area contributed by atoms with Crippen molar-refractivity contribution < 1.29 is 14.4 Å². The molecule has 0 unspecified atom stereocenters. The van der Waals surface area contributed by atoms with Crippen LogP contribution in [-0.2, 0) is 19.6 Å². The Kier molecular flexibility index (Phi) is 10.2. The fourth-order valence-electron chi connectivity index (χ4n) is 6.09. The summed E-state index contributed by atoms with van der Waals surface area (Å²) in [7, 11) is 0. The van der Waals surface area contributed by atoms with Crippen molar-refractivity contribution in [2.45, 2.75) is 19.6 Å². The number of hydrogen-bond donors (Lipinski definition) is 0. The first-order chi connectivity index (χ1) is 23.5. The average molecular weight is 718 g/mol. The van der Waals surface area contributed by atoms with Gasteiger partial charge in [-0.3, -0.25) is 14.4 Å². The summed E-state index contributed by atoms with van der Waals surface area (Å²) in [5.74, 6) is 0. The van der Waals surface area contributed by atoms with Crippen LogP contribution in [0.5, 0.6) is 0 Å². The number of hydrogen-bond acceptors (Lipinski definition) is 9. The lowest BCUT2D eigenvalue weighted by Crippen LogP contribution is -2.28. The Balaban J connectivity index is 0.00000417. The average Bonchev–Trinajstić information content (AvgIpc) is 3.91. The molecule has 9 nitrogen and oxygen atoms in total. The maximum Gasteiger partial charge on any atom is 0.150 e. The molecule has 0 radical (unpaired) electrons. The van der Waals surface area contributed by atoms with Crippen LogP contribution in [0.1, 0.15) is 47.8 Å². The molecule has 0 saturated heterocycles. The molecule has 7 rings (SSSR count). The van der Waals surface area contributed by atoms with Gasteiger partial charge in [-0.25, -0.2) is 0 Å². The van der Waals surface area contributed by atoms with E-state index in [-0.39, 0.29) is 17.0 Å². The normalized spacial score (nSPS) is 14.9. The Morgan fingerprint density at radius 1 is 0.408 bits per heavy atom. The van der Waals surface area contributed by atoms with Crippen LogP contribution in [0.2, 0.25) is 0 Å². The Hall–Kier alpha value is -5.61. The largest absolute Gasteiger partial charge is 0.354 e. The fraction of sp³-hybridized carbons (Fsp3) is 0.154. The molecule has 4 aromatic carbocycles. The lowest BCUT2D eigenvalue weighted by Gasteiger charge is -2.28. The molecule has 0 N–H and O–H groups in total. The maximum absolute atomic E-state index is 11.1. The van der Waals surface area contributed by atoms with Gasteiger partial charge in [-0.15, -0.1) is 17.0 Å². The highest BCUT2D eigenvalue weighted by molar-refractivity contribution is 8.93. The fourth-order valence-corrected chi connectivity index (χ4v) is 6.09. The predicted molar refractivity (Wildman–Crippen MR) is 198 cm³/mol. The van der Waals surface area contributed by atoms with Gasteiger partial charge in [-0.1, -0.05) is 72.8 Å². The van der Waals surface area contributed by atoms with E-state index in [0.29, 0.717) is 36.7 Å². The van der Waals surface area contributed by atoms with Crippen molar-refractivity contribution in [3.8, 4) is 0 Å². The molecule has 0 spiro atoms. The van der Waals surface area contributed by atoms with E-state index in [2.05, 4.69) is 84.8 Å². The molecule has 0 aliphatic carbocycles. The van der Waals surface area contributed by atoms with Gasteiger partial charge in [-0.2, -0.15) is 0 Å². The second-order valence-electron chi connectivity index (χ2n) is 12.3. The van der Waals surface area contributed by atoms with Crippen LogP contribution in [0.3, 0.4) is 0 Å². The second-order valence-corrected chi connectivity index (χ2v) is 12.3. The number of halogens is 1. The number of aldehydes is 3. The van der Waals surface area contributed by atoms with Gasteiger partial charge < -0.3 is 29.4 Å². The Labute approximate surface area is 297 Å². The van der Waals surface area contributed by atoms with E-state index < -0.39 is 0 Å². The van der Waals surface area contributed by atoms with Gasteiger partial charge in [-0.05, 0) is 34.9 Å². The first kappa shape index (κ1) is 33.3. The van der Waals surface area contributed by atoms with Gasteiger partial charge in [0.2, 0.25) is 0 Å². The van der Waals surface area contributed by atoms with E-state index in [1.54, 1.807) is 0 Å². The van der Waals surface area contributed by atoms with Crippen LogP contribution >= 0.6 is 17.0 Å². The van der Waals surface area contributed by atoms with E-state index in [0.717, 1.165) is 72.2 Å². The van der Waals surface area contributed by atoms with Crippen LogP contribution in [0.4, 0.5) is 17.1 Å². The van der Waals surface area contributed by atoms with E-state index in [9.17, 15) is 14.4 Å². The minimum Gasteiger partial charge on any atom is -0.354 e. The molecule has 0 atom stereocenters. The van der Waals surface area contributed by atoms with Gasteiger partial charge in [0.1, 0.15) is 18.9 Å². The predicted octanol–water partition coefficient (Wildman–Crippen LogP) is 6.95. The molecule has 49 heavy (non-hydrogen) atoms. The zero-order valence-corrected chi connectivity index (χ0v) is 28.6. The van der Waals surface area contributed by atoms with Crippen molar-refractivity contribution in [1.29, 1.82) is 0 Å². The number of rotatable bonds is 12. The zero-order valence-electron chi connectivity index (χ0n) is 26.9. The Bertz CT molecular complexity index is 1640. The minimum absolute atomic E-state index is 0. The molecule has 0 saturated carbocycles. The molecule has 4 aromatic rings. The highest BCUT2D eigenvalue weighted by Gasteiger charge is 2.22. The second kappa shape index (κ2) is 15.1. The Morgan fingerprint density at radius 2 is 0.673 bits per heavy atom. The number of carbonyl (C=O) groups excluding carboxylic acids is 3. The number of nitrogens with zero attached hydrogens (tertiary/aromatic N) is 6. The Morgan fingerprint density at radius 3 is 0.918 bits per heavy atom. The molecule has 0 aromatic heterocycles. The summed E-state index contributed by atoms with van der Waals surface area (Å²) < 4.78 is 0. The molecular formula is C39H37BrN6O3. The lowest BCUT2D eigenvalue weighted by molar-refractivity contribution is 0.111. The molecule has 0 amide bonds. The third-order valence-corrected chi connectivity index (χ3v) is 8.76. The van der Waals surface area contributed by atoms with Gasteiger partial charge in [0.05, 0.1) is 20.0 Å². The van der Waals surface area contributed by atoms with Crippen LogP contribution in [0.25, 0.3) is 0 Å². The van der Waals surface area contributed by atoms with Crippen LogP contribution < -0.4 is 14.7 Å². The molecule has 3 aliphatic heterocycles. The van der Waals surface area contributed by atoms with E-state index in [4.69, 9.17) is 0 Å². The molecule has 3 aliphatic rings. The zero-order chi connectivity index (χ0) is 32.9. The van der Waals surface area contributed by atoms with Crippen molar-refractivity contribution >= 4 is 52.9 Å². The van der Waals surface area contributed by atoms with E-state index >= 15 is 0 Å². The highest BCUT2D eigenvalue weighted by atomic mass is 79.9. The van der Waals surface area contributed by atoms with Crippen molar-refractivity contribution in [1.82, 2.24) is 14.7 Å². The quantitative estimate of drug-likeness (QED) is 0.145. The lowest BCUT2D eigenvalue weighted by atomic mass is 10.1. The number of anilines is 3. The summed E-state index contributed by atoms with van der Waals surface area (Å²) in [5, 5.41) is 0. The van der Waals surface area contributed by atoms with Crippen molar-refractivity contribution in [2.75, 3.05) is 34.7 Å².